The fraction of sp³-hybridized carbons (Fsp3) is 0.391. The molecule has 156 valence electrons. The molecule has 1 N–H and O–H groups in total. The molecule has 2 amide bonds. The van der Waals surface area contributed by atoms with Crippen LogP contribution >= 0.6 is 11.6 Å². The Kier molecular flexibility index (Phi) is 9.51. The molecule has 5 nitrogen and oxygen atoms in total. The largest absolute Gasteiger partial charge is 0.484 e. The van der Waals surface area contributed by atoms with Crippen LogP contribution in [0.4, 0.5) is 0 Å². The van der Waals surface area contributed by atoms with Crippen LogP contribution in [0.25, 0.3) is 0 Å². The molecule has 0 aromatic heterocycles. The molecule has 6 heteroatoms. The van der Waals surface area contributed by atoms with E-state index in [1.54, 1.807) is 29.2 Å². The average molecular weight is 417 g/mol. The highest BCUT2D eigenvalue weighted by Gasteiger charge is 2.28. The Bertz CT molecular complexity index is 765. The van der Waals surface area contributed by atoms with Crippen LogP contribution in [0.3, 0.4) is 0 Å². The molecule has 0 saturated carbocycles. The van der Waals surface area contributed by atoms with Crippen molar-refractivity contribution >= 4 is 23.4 Å². The molecule has 0 aliphatic heterocycles. The van der Waals surface area contributed by atoms with Gasteiger partial charge in [0.15, 0.2) is 6.61 Å². The lowest BCUT2D eigenvalue weighted by molar-refractivity contribution is -0.143. The van der Waals surface area contributed by atoms with Crippen molar-refractivity contribution in [1.82, 2.24) is 10.2 Å². The molecule has 0 spiro atoms. The maximum Gasteiger partial charge on any atom is 0.261 e. The van der Waals surface area contributed by atoms with Crippen molar-refractivity contribution in [2.24, 2.45) is 0 Å². The van der Waals surface area contributed by atoms with Gasteiger partial charge in [0.05, 0.1) is 0 Å². The molecule has 0 saturated heterocycles. The second kappa shape index (κ2) is 12.1. The fourth-order valence-electron chi connectivity index (χ4n) is 2.96. The third kappa shape index (κ3) is 7.42. The van der Waals surface area contributed by atoms with Gasteiger partial charge in [-0.1, -0.05) is 62.2 Å². The normalized spacial score (nSPS) is 11.6. The van der Waals surface area contributed by atoms with Crippen molar-refractivity contribution < 1.29 is 14.3 Å². The highest BCUT2D eigenvalue weighted by Crippen LogP contribution is 2.16. The number of carbonyl (C=O) groups is 2. The number of para-hydroxylation sites is 1. The molecule has 0 aliphatic carbocycles. The van der Waals surface area contributed by atoms with Crippen molar-refractivity contribution in [2.75, 3.05) is 13.2 Å². The van der Waals surface area contributed by atoms with Crippen LogP contribution in [-0.4, -0.2) is 35.9 Å². The van der Waals surface area contributed by atoms with E-state index in [0.29, 0.717) is 30.3 Å². The summed E-state index contributed by atoms with van der Waals surface area (Å²) < 4.78 is 5.63. The van der Waals surface area contributed by atoms with Crippen LogP contribution in [0.5, 0.6) is 5.75 Å². The van der Waals surface area contributed by atoms with Crippen molar-refractivity contribution in [1.29, 1.82) is 0 Å². The average Bonchev–Trinajstić information content (AvgIpc) is 2.74. The van der Waals surface area contributed by atoms with Gasteiger partial charge in [-0.05, 0) is 42.7 Å². The number of nitrogens with one attached hydrogen (secondary N) is 1. The Morgan fingerprint density at radius 3 is 2.38 bits per heavy atom. The van der Waals surface area contributed by atoms with E-state index in [1.807, 2.05) is 37.3 Å². The van der Waals surface area contributed by atoms with E-state index in [-0.39, 0.29) is 18.4 Å². The van der Waals surface area contributed by atoms with Gasteiger partial charge in [-0.3, -0.25) is 9.59 Å². The molecule has 1 atom stereocenters. The lowest BCUT2D eigenvalue weighted by Gasteiger charge is -2.30. The first kappa shape index (κ1) is 22.8. The zero-order chi connectivity index (χ0) is 21.1. The smallest absolute Gasteiger partial charge is 0.261 e. The van der Waals surface area contributed by atoms with Gasteiger partial charge in [0.25, 0.3) is 5.91 Å². The van der Waals surface area contributed by atoms with Gasteiger partial charge >= 0.3 is 0 Å². The molecule has 0 fully saturated rings. The molecule has 1 unspecified atom stereocenters. The summed E-state index contributed by atoms with van der Waals surface area (Å²) in [6.45, 7) is 4.77. The summed E-state index contributed by atoms with van der Waals surface area (Å²) in [7, 11) is 0. The number of ether oxygens (including phenoxy) is 1. The van der Waals surface area contributed by atoms with E-state index in [0.717, 1.165) is 18.4 Å². The van der Waals surface area contributed by atoms with E-state index in [2.05, 4.69) is 12.2 Å². The molecular weight excluding hydrogens is 388 g/mol. The Hall–Kier alpha value is -2.53. The van der Waals surface area contributed by atoms with Gasteiger partial charge in [-0.25, -0.2) is 0 Å². The molecule has 0 radical (unpaired) electrons. The zero-order valence-corrected chi connectivity index (χ0v) is 17.8. The lowest BCUT2D eigenvalue weighted by atomic mass is 10.1. The second-order valence-corrected chi connectivity index (χ2v) is 7.25. The van der Waals surface area contributed by atoms with Gasteiger partial charge in [-0.2, -0.15) is 0 Å². The molecule has 0 aliphatic rings. The Morgan fingerprint density at radius 1 is 1.07 bits per heavy atom. The first-order valence-corrected chi connectivity index (χ1v) is 10.4. The standard InChI is InChI=1S/C23H29ClN2O3/c1-3-5-15-25-23(28)21(4-2)26(16-18-11-13-19(24)14-12-18)22(27)17-29-20-9-7-6-8-10-20/h6-14,21H,3-5,15-17H2,1-2H3,(H,25,28). The molecule has 2 rings (SSSR count). The van der Waals surface area contributed by atoms with Crippen LogP contribution in [0.15, 0.2) is 54.6 Å². The highest BCUT2D eigenvalue weighted by atomic mass is 35.5. The summed E-state index contributed by atoms with van der Waals surface area (Å²) in [5.41, 5.74) is 0.905. The summed E-state index contributed by atoms with van der Waals surface area (Å²) in [5.74, 6) is 0.247. The van der Waals surface area contributed by atoms with Crippen molar-refractivity contribution in [3.63, 3.8) is 0 Å². The van der Waals surface area contributed by atoms with Crippen LogP contribution in [0.1, 0.15) is 38.7 Å². The number of amides is 2. The Morgan fingerprint density at radius 2 is 1.76 bits per heavy atom. The molecule has 2 aromatic carbocycles. The molecule has 2 aromatic rings. The quantitative estimate of drug-likeness (QED) is 0.551. The molecular formula is C23H29ClN2O3. The van der Waals surface area contributed by atoms with E-state index < -0.39 is 6.04 Å². The second-order valence-electron chi connectivity index (χ2n) is 6.82. The van der Waals surface area contributed by atoms with E-state index in [4.69, 9.17) is 16.3 Å². The van der Waals surface area contributed by atoms with Gasteiger partial charge in [-0.15, -0.1) is 0 Å². The van der Waals surface area contributed by atoms with Gasteiger partial charge in [0.1, 0.15) is 11.8 Å². The minimum Gasteiger partial charge on any atom is -0.484 e. The lowest BCUT2D eigenvalue weighted by Crippen LogP contribution is -2.50. The summed E-state index contributed by atoms with van der Waals surface area (Å²) in [5, 5.41) is 3.57. The predicted molar refractivity (Wildman–Crippen MR) is 116 cm³/mol. The highest BCUT2D eigenvalue weighted by molar-refractivity contribution is 6.30. The molecule has 0 heterocycles. The van der Waals surface area contributed by atoms with Crippen molar-refractivity contribution in [3.05, 3.63) is 65.2 Å². The SMILES string of the molecule is CCCCNC(=O)C(CC)N(Cc1ccc(Cl)cc1)C(=O)COc1ccccc1. The van der Waals surface area contributed by atoms with Gasteiger partial charge in [0, 0.05) is 18.1 Å². The predicted octanol–water partition coefficient (Wildman–Crippen LogP) is 4.44. The number of nitrogens with zero attached hydrogens (tertiary/aromatic N) is 1. The number of hydrogen-bond acceptors (Lipinski definition) is 3. The maximum absolute atomic E-state index is 13.0. The summed E-state index contributed by atoms with van der Waals surface area (Å²) >= 11 is 5.97. The minimum absolute atomic E-state index is 0.129. The first-order valence-electron chi connectivity index (χ1n) is 10.0. The summed E-state index contributed by atoms with van der Waals surface area (Å²) in [6, 6.07) is 15.9. The molecule has 0 bridgehead atoms. The topological polar surface area (TPSA) is 58.6 Å². The number of benzene rings is 2. The van der Waals surface area contributed by atoms with E-state index in [9.17, 15) is 9.59 Å². The number of rotatable bonds is 11. The van der Waals surface area contributed by atoms with Crippen molar-refractivity contribution in [2.45, 2.75) is 45.7 Å². The van der Waals surface area contributed by atoms with Crippen LogP contribution < -0.4 is 10.1 Å². The third-order valence-electron chi connectivity index (χ3n) is 4.59. The van der Waals surface area contributed by atoms with E-state index in [1.165, 1.54) is 0 Å². The third-order valence-corrected chi connectivity index (χ3v) is 4.84. The monoisotopic (exact) mass is 416 g/mol. The summed E-state index contributed by atoms with van der Waals surface area (Å²) in [4.78, 5) is 27.4. The number of hydrogen-bond donors (Lipinski definition) is 1. The fourth-order valence-corrected chi connectivity index (χ4v) is 3.08. The maximum atomic E-state index is 13.0. The van der Waals surface area contributed by atoms with Gasteiger partial charge in [0.2, 0.25) is 5.91 Å². The first-order chi connectivity index (χ1) is 14.0. The number of carbonyl (C=O) groups excluding carboxylic acids is 2. The minimum atomic E-state index is -0.561. The van der Waals surface area contributed by atoms with Gasteiger partial charge < -0.3 is 15.0 Å². The van der Waals surface area contributed by atoms with Crippen molar-refractivity contribution in [3.8, 4) is 5.75 Å². The number of unbranched alkanes of at least 4 members (excludes halogenated alkanes) is 1. The zero-order valence-electron chi connectivity index (χ0n) is 17.1. The van der Waals surface area contributed by atoms with Crippen LogP contribution in [-0.2, 0) is 16.1 Å². The molecule has 29 heavy (non-hydrogen) atoms. The Labute approximate surface area is 178 Å². The summed E-state index contributed by atoms with van der Waals surface area (Å²) in [6.07, 6.45) is 2.42. The Balaban J connectivity index is 2.14. The van der Waals surface area contributed by atoms with E-state index >= 15 is 0 Å². The number of halogens is 1. The van der Waals surface area contributed by atoms with Crippen LogP contribution in [0, 0.1) is 0 Å². The van der Waals surface area contributed by atoms with Crippen LogP contribution in [0.2, 0.25) is 5.02 Å².